The van der Waals surface area contributed by atoms with Crippen LogP contribution in [-0.4, -0.2) is 14.8 Å². The second-order valence-electron chi connectivity index (χ2n) is 4.44. The molecule has 0 amide bonds. The molecule has 1 aliphatic rings. The highest BCUT2D eigenvalue weighted by molar-refractivity contribution is 7.71. The van der Waals surface area contributed by atoms with Gasteiger partial charge in [-0.25, -0.2) is 0 Å². The molecule has 15 heavy (non-hydrogen) atoms. The van der Waals surface area contributed by atoms with Crippen LogP contribution in [0.15, 0.2) is 0 Å². The predicted octanol–water partition coefficient (Wildman–Crippen LogP) is 3.18. The summed E-state index contributed by atoms with van der Waals surface area (Å²) >= 11 is 5.25. The van der Waals surface area contributed by atoms with Gasteiger partial charge in [-0.1, -0.05) is 19.8 Å². The van der Waals surface area contributed by atoms with Gasteiger partial charge in [0.15, 0.2) is 4.77 Å². The highest BCUT2D eigenvalue weighted by Gasteiger charge is 2.37. The second kappa shape index (κ2) is 4.08. The van der Waals surface area contributed by atoms with Gasteiger partial charge in [-0.15, -0.1) is 0 Å². The van der Waals surface area contributed by atoms with Gasteiger partial charge in [0.1, 0.15) is 5.82 Å². The van der Waals surface area contributed by atoms with Gasteiger partial charge >= 0.3 is 0 Å². The van der Waals surface area contributed by atoms with Crippen LogP contribution in [0.1, 0.15) is 51.8 Å². The zero-order valence-electron chi connectivity index (χ0n) is 9.55. The van der Waals surface area contributed by atoms with Crippen molar-refractivity contribution >= 4 is 12.2 Å². The number of hydrogen-bond acceptors (Lipinski definition) is 2. The maximum atomic E-state index is 5.25. The first-order valence-electron chi connectivity index (χ1n) is 5.89. The van der Waals surface area contributed by atoms with Crippen LogP contribution in [0.2, 0.25) is 0 Å². The van der Waals surface area contributed by atoms with E-state index >= 15 is 0 Å². The van der Waals surface area contributed by atoms with E-state index in [0.717, 1.165) is 11.3 Å². The molecule has 0 spiro atoms. The van der Waals surface area contributed by atoms with E-state index in [1.807, 2.05) is 0 Å². The zero-order valence-corrected chi connectivity index (χ0v) is 10.4. The average molecular weight is 225 g/mol. The summed E-state index contributed by atoms with van der Waals surface area (Å²) in [6, 6.07) is 0. The van der Waals surface area contributed by atoms with Crippen LogP contribution in [0, 0.1) is 4.77 Å². The molecule has 1 aromatic heterocycles. The molecule has 1 aliphatic carbocycles. The first kappa shape index (κ1) is 10.9. The van der Waals surface area contributed by atoms with Gasteiger partial charge in [-0.05, 0) is 38.4 Å². The van der Waals surface area contributed by atoms with Crippen molar-refractivity contribution in [2.45, 2.75) is 57.9 Å². The lowest BCUT2D eigenvalue weighted by Gasteiger charge is -2.26. The summed E-state index contributed by atoms with van der Waals surface area (Å²) in [6.07, 6.45) is 6.37. The van der Waals surface area contributed by atoms with Gasteiger partial charge in [0.05, 0.1) is 0 Å². The van der Waals surface area contributed by atoms with Gasteiger partial charge in [0.25, 0.3) is 0 Å². The van der Waals surface area contributed by atoms with Crippen molar-refractivity contribution < 1.29 is 0 Å². The first-order valence-corrected chi connectivity index (χ1v) is 6.30. The standard InChI is InChI=1S/C11H19N3S/c1-3-11(7-5-6-8-11)9-12-13-10(15)14(9)4-2/h3-8H2,1-2H3,(H,13,15). The van der Waals surface area contributed by atoms with E-state index in [-0.39, 0.29) is 0 Å². The third-order valence-electron chi connectivity index (χ3n) is 3.79. The van der Waals surface area contributed by atoms with E-state index in [0.29, 0.717) is 5.41 Å². The molecule has 1 N–H and O–H groups in total. The van der Waals surface area contributed by atoms with E-state index in [9.17, 15) is 0 Å². The Morgan fingerprint density at radius 1 is 1.40 bits per heavy atom. The lowest BCUT2D eigenvalue weighted by molar-refractivity contribution is 0.379. The molecule has 84 valence electrons. The van der Waals surface area contributed by atoms with Crippen LogP contribution >= 0.6 is 12.2 Å². The molecule has 0 saturated heterocycles. The largest absolute Gasteiger partial charge is 0.304 e. The lowest BCUT2D eigenvalue weighted by atomic mass is 9.82. The van der Waals surface area contributed by atoms with E-state index in [1.54, 1.807) is 0 Å². The summed E-state index contributed by atoms with van der Waals surface area (Å²) in [5.74, 6) is 1.19. The molecule has 1 heterocycles. The quantitative estimate of drug-likeness (QED) is 0.802. The number of nitrogens with one attached hydrogen (secondary N) is 1. The van der Waals surface area contributed by atoms with Crippen LogP contribution < -0.4 is 0 Å². The third-order valence-corrected chi connectivity index (χ3v) is 4.10. The maximum Gasteiger partial charge on any atom is 0.195 e. The fourth-order valence-electron chi connectivity index (χ4n) is 2.80. The van der Waals surface area contributed by atoms with Crippen LogP contribution in [0.5, 0.6) is 0 Å². The smallest absolute Gasteiger partial charge is 0.195 e. The number of aromatic nitrogens is 3. The Morgan fingerprint density at radius 3 is 2.60 bits per heavy atom. The highest BCUT2D eigenvalue weighted by atomic mass is 32.1. The summed E-state index contributed by atoms with van der Waals surface area (Å²) in [4.78, 5) is 0. The molecule has 2 rings (SSSR count). The lowest BCUT2D eigenvalue weighted by Crippen LogP contribution is -2.26. The van der Waals surface area contributed by atoms with Gasteiger partial charge in [-0.2, -0.15) is 5.10 Å². The van der Waals surface area contributed by atoms with Crippen LogP contribution in [0.4, 0.5) is 0 Å². The van der Waals surface area contributed by atoms with Crippen molar-refractivity contribution in [1.82, 2.24) is 14.8 Å². The Balaban J connectivity index is 2.46. The number of rotatable bonds is 3. The number of nitrogens with zero attached hydrogens (tertiary/aromatic N) is 2. The van der Waals surface area contributed by atoms with Crippen LogP contribution in [-0.2, 0) is 12.0 Å². The predicted molar refractivity (Wildman–Crippen MR) is 63.5 cm³/mol. The molecule has 1 saturated carbocycles. The van der Waals surface area contributed by atoms with Crippen molar-refractivity contribution in [2.75, 3.05) is 0 Å². The molecular formula is C11H19N3S. The van der Waals surface area contributed by atoms with E-state index < -0.39 is 0 Å². The van der Waals surface area contributed by atoms with Crippen molar-refractivity contribution in [3.05, 3.63) is 10.6 Å². The summed E-state index contributed by atoms with van der Waals surface area (Å²) in [5, 5.41) is 7.40. The van der Waals surface area contributed by atoms with Gasteiger partial charge in [0.2, 0.25) is 0 Å². The van der Waals surface area contributed by atoms with Gasteiger partial charge in [0, 0.05) is 12.0 Å². The van der Waals surface area contributed by atoms with Gasteiger partial charge in [-0.3, -0.25) is 5.10 Å². The minimum absolute atomic E-state index is 0.295. The van der Waals surface area contributed by atoms with Crippen molar-refractivity contribution in [3.63, 3.8) is 0 Å². The molecule has 0 atom stereocenters. The molecule has 3 nitrogen and oxygen atoms in total. The highest BCUT2D eigenvalue weighted by Crippen LogP contribution is 2.42. The maximum absolute atomic E-state index is 5.25. The fourth-order valence-corrected chi connectivity index (χ4v) is 3.06. The zero-order chi connectivity index (χ0) is 10.9. The number of H-pyrrole nitrogens is 1. The Morgan fingerprint density at radius 2 is 2.07 bits per heavy atom. The first-order chi connectivity index (χ1) is 7.23. The molecule has 4 heteroatoms. The topological polar surface area (TPSA) is 33.6 Å². The average Bonchev–Trinajstić information content (AvgIpc) is 2.84. The minimum Gasteiger partial charge on any atom is -0.304 e. The Labute approximate surface area is 95.9 Å². The molecule has 1 fully saturated rings. The summed E-state index contributed by atoms with van der Waals surface area (Å²) < 4.78 is 2.93. The molecule has 0 aliphatic heterocycles. The summed E-state index contributed by atoms with van der Waals surface area (Å²) in [6.45, 7) is 5.32. The fraction of sp³-hybridized carbons (Fsp3) is 0.818. The third kappa shape index (κ3) is 1.65. The van der Waals surface area contributed by atoms with Crippen LogP contribution in [0.3, 0.4) is 0 Å². The van der Waals surface area contributed by atoms with Crippen LogP contribution in [0.25, 0.3) is 0 Å². The van der Waals surface area contributed by atoms with Crippen molar-refractivity contribution in [3.8, 4) is 0 Å². The van der Waals surface area contributed by atoms with E-state index in [4.69, 9.17) is 12.2 Å². The molecule has 0 bridgehead atoms. The SMILES string of the molecule is CCn1c(C2(CC)CCCC2)n[nH]c1=S. The minimum atomic E-state index is 0.295. The van der Waals surface area contributed by atoms with Crippen molar-refractivity contribution in [2.24, 2.45) is 0 Å². The Bertz CT molecular complexity index is 385. The monoisotopic (exact) mass is 225 g/mol. The van der Waals surface area contributed by atoms with Gasteiger partial charge < -0.3 is 4.57 Å². The summed E-state index contributed by atoms with van der Waals surface area (Å²) in [7, 11) is 0. The van der Waals surface area contributed by atoms with E-state index in [2.05, 4.69) is 28.6 Å². The number of hydrogen-bond donors (Lipinski definition) is 1. The number of aromatic amines is 1. The molecule has 1 aromatic rings. The molecule has 0 unspecified atom stereocenters. The Hall–Kier alpha value is -0.640. The van der Waals surface area contributed by atoms with E-state index in [1.165, 1.54) is 37.9 Å². The molecule has 0 radical (unpaired) electrons. The summed E-state index contributed by atoms with van der Waals surface area (Å²) in [5.41, 5.74) is 0.295. The normalized spacial score (nSPS) is 19.6. The molecule has 0 aromatic carbocycles. The van der Waals surface area contributed by atoms with Crippen molar-refractivity contribution in [1.29, 1.82) is 0 Å². The second-order valence-corrected chi connectivity index (χ2v) is 4.82. The Kier molecular flexibility index (Phi) is 2.96. The molecular weight excluding hydrogens is 206 g/mol.